The Bertz CT molecular complexity index is 361. The fourth-order valence-corrected chi connectivity index (χ4v) is 2.94. The first-order valence-corrected chi connectivity index (χ1v) is 4.84. The van der Waals surface area contributed by atoms with E-state index in [1.54, 1.807) is 6.07 Å². The van der Waals surface area contributed by atoms with E-state index in [9.17, 15) is 5.11 Å². The third kappa shape index (κ3) is 0.866. The van der Waals surface area contributed by atoms with Crippen LogP contribution in [0, 0.1) is 0 Å². The molecule has 0 radical (unpaired) electrons. The van der Waals surface area contributed by atoms with Gasteiger partial charge in [0, 0.05) is 12.0 Å². The summed E-state index contributed by atoms with van der Waals surface area (Å²) in [6, 6.07) is 6.05. The molecule has 2 unspecified atom stereocenters. The Balaban J connectivity index is 2.16. The molecule has 0 amide bonds. The van der Waals surface area contributed by atoms with Gasteiger partial charge in [-0.15, -0.1) is 0 Å². The molecule has 2 nitrogen and oxygen atoms in total. The van der Waals surface area contributed by atoms with Crippen molar-refractivity contribution < 1.29 is 5.11 Å². The molecular formula is C11H13NO. The molecule has 1 aromatic rings. The molecule has 0 spiro atoms. The van der Waals surface area contributed by atoms with Crippen LogP contribution in [0.1, 0.15) is 35.8 Å². The summed E-state index contributed by atoms with van der Waals surface area (Å²) >= 11 is 0. The number of benzene rings is 1. The Hall–Kier alpha value is -1.02. The maximum atomic E-state index is 9.37. The van der Waals surface area contributed by atoms with E-state index in [1.165, 1.54) is 17.5 Å². The molecule has 0 saturated heterocycles. The van der Waals surface area contributed by atoms with Gasteiger partial charge in [0.2, 0.25) is 0 Å². The first-order chi connectivity index (χ1) is 6.25. The van der Waals surface area contributed by atoms with Crippen LogP contribution in [-0.4, -0.2) is 11.1 Å². The van der Waals surface area contributed by atoms with Crippen molar-refractivity contribution in [1.82, 2.24) is 0 Å². The van der Waals surface area contributed by atoms with Crippen LogP contribution >= 0.6 is 0 Å². The molecule has 2 aliphatic rings. The second-order valence-corrected chi connectivity index (χ2v) is 4.25. The summed E-state index contributed by atoms with van der Waals surface area (Å²) in [5.74, 6) is 1.54. The number of fused-ring (bicyclic) bond motifs is 5. The lowest BCUT2D eigenvalue weighted by atomic mass is 9.89. The SMILES string of the molecule is N[C@@H]1CC2CC1c1cc(O)ccc12. The second-order valence-electron chi connectivity index (χ2n) is 4.25. The van der Waals surface area contributed by atoms with Crippen LogP contribution in [0.4, 0.5) is 0 Å². The average molecular weight is 175 g/mol. The van der Waals surface area contributed by atoms with Crippen molar-refractivity contribution in [2.24, 2.45) is 5.73 Å². The number of phenolic OH excluding ortho intramolecular Hbond substituents is 1. The van der Waals surface area contributed by atoms with E-state index < -0.39 is 0 Å². The Morgan fingerprint density at radius 1 is 1.23 bits per heavy atom. The molecule has 3 atom stereocenters. The molecule has 13 heavy (non-hydrogen) atoms. The highest BCUT2D eigenvalue weighted by atomic mass is 16.3. The normalized spacial score (nSPS) is 35.0. The summed E-state index contributed by atoms with van der Waals surface area (Å²) in [5.41, 5.74) is 8.72. The lowest BCUT2D eigenvalue weighted by Gasteiger charge is -2.20. The number of hydrogen-bond donors (Lipinski definition) is 2. The van der Waals surface area contributed by atoms with Crippen molar-refractivity contribution in [1.29, 1.82) is 0 Å². The number of phenols is 1. The molecule has 1 aromatic carbocycles. The average Bonchev–Trinajstić information content (AvgIpc) is 2.60. The van der Waals surface area contributed by atoms with Gasteiger partial charge >= 0.3 is 0 Å². The first kappa shape index (κ1) is 7.39. The third-order valence-corrected chi connectivity index (χ3v) is 3.52. The molecule has 1 fully saturated rings. The Morgan fingerprint density at radius 2 is 2.08 bits per heavy atom. The van der Waals surface area contributed by atoms with E-state index in [1.807, 2.05) is 6.07 Å². The summed E-state index contributed by atoms with van der Waals surface area (Å²) in [6.07, 6.45) is 2.32. The van der Waals surface area contributed by atoms with Crippen molar-refractivity contribution in [3.05, 3.63) is 29.3 Å². The van der Waals surface area contributed by atoms with E-state index in [0.717, 1.165) is 6.42 Å². The van der Waals surface area contributed by atoms with Gasteiger partial charge in [0.1, 0.15) is 5.75 Å². The van der Waals surface area contributed by atoms with Crippen LogP contribution in [0.5, 0.6) is 5.75 Å². The van der Waals surface area contributed by atoms with Gasteiger partial charge in [-0.3, -0.25) is 0 Å². The maximum Gasteiger partial charge on any atom is 0.115 e. The van der Waals surface area contributed by atoms with Gasteiger partial charge in [0.05, 0.1) is 0 Å². The Kier molecular flexibility index (Phi) is 1.29. The molecule has 68 valence electrons. The van der Waals surface area contributed by atoms with Crippen LogP contribution in [0.3, 0.4) is 0 Å². The zero-order valence-electron chi connectivity index (χ0n) is 7.40. The minimum atomic E-state index is 0.319. The molecule has 0 aromatic heterocycles. The second kappa shape index (κ2) is 2.26. The number of hydrogen-bond acceptors (Lipinski definition) is 2. The van der Waals surface area contributed by atoms with Gasteiger partial charge in [-0.25, -0.2) is 0 Å². The van der Waals surface area contributed by atoms with Gasteiger partial charge in [-0.2, -0.15) is 0 Å². The molecule has 0 aliphatic heterocycles. The van der Waals surface area contributed by atoms with Gasteiger partial charge < -0.3 is 10.8 Å². The van der Waals surface area contributed by atoms with Gasteiger partial charge in [0.25, 0.3) is 0 Å². The van der Waals surface area contributed by atoms with Crippen molar-refractivity contribution in [2.75, 3.05) is 0 Å². The lowest BCUT2D eigenvalue weighted by Crippen LogP contribution is -2.25. The summed E-state index contributed by atoms with van der Waals surface area (Å²) in [4.78, 5) is 0. The summed E-state index contributed by atoms with van der Waals surface area (Å²) in [7, 11) is 0. The maximum absolute atomic E-state index is 9.37. The summed E-state index contributed by atoms with van der Waals surface area (Å²) < 4.78 is 0. The van der Waals surface area contributed by atoms with Gasteiger partial charge in [-0.05, 0) is 42.0 Å². The summed E-state index contributed by atoms with van der Waals surface area (Å²) in [5, 5.41) is 9.37. The quantitative estimate of drug-likeness (QED) is 0.630. The Labute approximate surface area is 77.4 Å². The molecule has 3 N–H and O–H groups in total. The van der Waals surface area contributed by atoms with Crippen molar-refractivity contribution in [3.63, 3.8) is 0 Å². The van der Waals surface area contributed by atoms with Gasteiger partial charge in [-0.1, -0.05) is 6.07 Å². The van der Waals surface area contributed by atoms with Crippen molar-refractivity contribution in [2.45, 2.75) is 30.7 Å². The third-order valence-electron chi connectivity index (χ3n) is 3.52. The number of aromatic hydroxyl groups is 1. The smallest absolute Gasteiger partial charge is 0.115 e. The molecule has 2 aliphatic carbocycles. The molecule has 3 rings (SSSR count). The minimum Gasteiger partial charge on any atom is -0.508 e. The number of nitrogens with two attached hydrogens (primary N) is 1. The topological polar surface area (TPSA) is 46.2 Å². The van der Waals surface area contributed by atoms with Crippen LogP contribution in [0.25, 0.3) is 0 Å². The highest BCUT2D eigenvalue weighted by Gasteiger charge is 2.41. The highest BCUT2D eigenvalue weighted by molar-refractivity contribution is 5.46. The van der Waals surface area contributed by atoms with Crippen molar-refractivity contribution in [3.8, 4) is 5.75 Å². The molecule has 0 heterocycles. The molecule has 2 heteroatoms. The fraction of sp³-hybridized carbons (Fsp3) is 0.455. The van der Waals surface area contributed by atoms with Gasteiger partial charge in [0.15, 0.2) is 0 Å². The molecule has 1 saturated carbocycles. The highest BCUT2D eigenvalue weighted by Crippen LogP contribution is 2.52. The first-order valence-electron chi connectivity index (χ1n) is 4.84. The zero-order chi connectivity index (χ0) is 9.00. The fourth-order valence-electron chi connectivity index (χ4n) is 2.94. The molecule has 2 bridgehead atoms. The van der Waals surface area contributed by atoms with E-state index >= 15 is 0 Å². The van der Waals surface area contributed by atoms with E-state index in [-0.39, 0.29) is 0 Å². The minimum absolute atomic E-state index is 0.319. The van der Waals surface area contributed by atoms with Crippen LogP contribution < -0.4 is 5.73 Å². The van der Waals surface area contributed by atoms with E-state index in [4.69, 9.17) is 5.73 Å². The molecular weight excluding hydrogens is 162 g/mol. The number of rotatable bonds is 0. The van der Waals surface area contributed by atoms with Crippen LogP contribution in [-0.2, 0) is 0 Å². The Morgan fingerprint density at radius 3 is 2.92 bits per heavy atom. The standard InChI is InChI=1S/C11H13NO/c12-11-4-6-3-10(11)9-5-7(13)1-2-8(6)9/h1-2,5-6,10-11,13H,3-4,12H2/t6?,10?,11-/m1/s1. The predicted octanol–water partition coefficient (Wildman–Crippen LogP) is 1.69. The lowest BCUT2D eigenvalue weighted by molar-refractivity contribution is 0.472. The van der Waals surface area contributed by atoms with Crippen LogP contribution in [0.2, 0.25) is 0 Å². The van der Waals surface area contributed by atoms with E-state index in [0.29, 0.717) is 23.6 Å². The monoisotopic (exact) mass is 175 g/mol. The zero-order valence-corrected chi connectivity index (χ0v) is 7.40. The summed E-state index contributed by atoms with van der Waals surface area (Å²) in [6.45, 7) is 0. The van der Waals surface area contributed by atoms with Crippen molar-refractivity contribution >= 4 is 0 Å². The van der Waals surface area contributed by atoms with E-state index in [2.05, 4.69) is 6.07 Å². The predicted molar refractivity (Wildman–Crippen MR) is 50.8 cm³/mol. The largest absolute Gasteiger partial charge is 0.508 e. The van der Waals surface area contributed by atoms with Crippen LogP contribution in [0.15, 0.2) is 18.2 Å².